The average Bonchev–Trinajstić information content (AvgIpc) is 1.96. The van der Waals surface area contributed by atoms with Crippen molar-refractivity contribution in [3.8, 4) is 0 Å². The second-order valence-corrected chi connectivity index (χ2v) is 4.85. The Hall–Kier alpha value is 0.350. The summed E-state index contributed by atoms with van der Waals surface area (Å²) in [5, 5.41) is 0. The number of hydrogen-bond acceptors (Lipinski definition) is 2. The van der Waals surface area contributed by atoms with Crippen LogP contribution in [0.1, 0.15) is 27.7 Å². The Morgan fingerprint density at radius 3 is 2.25 bits per heavy atom. The minimum Gasteiger partial charge on any atom is -0.295 e. The van der Waals surface area contributed by atoms with Gasteiger partial charge >= 0.3 is 0 Å². The Morgan fingerprint density at radius 1 is 1.17 bits per heavy atom. The molecular formula is C9H21N2P. The van der Waals surface area contributed by atoms with Gasteiger partial charge in [0.15, 0.2) is 0 Å². The lowest BCUT2D eigenvalue weighted by Crippen LogP contribution is -2.55. The number of nitrogens with zero attached hydrogens (tertiary/aromatic N) is 2. The molecule has 72 valence electrons. The molecule has 0 aromatic rings. The van der Waals surface area contributed by atoms with E-state index in [1.165, 1.54) is 13.1 Å². The first-order valence-corrected chi connectivity index (χ1v) is 5.31. The standard InChI is InChI=1S/C9H21N2P/c1-7(2)10-5-9(4)11(12)6-8(10)3/h7-9H,5-6,12H2,1-4H3. The Morgan fingerprint density at radius 2 is 1.75 bits per heavy atom. The summed E-state index contributed by atoms with van der Waals surface area (Å²) in [6.07, 6.45) is 0. The molecule has 0 bridgehead atoms. The minimum atomic E-state index is 0.675. The maximum Gasteiger partial charge on any atom is 0.0229 e. The van der Waals surface area contributed by atoms with Crippen molar-refractivity contribution in [1.29, 1.82) is 0 Å². The van der Waals surface area contributed by atoms with Crippen LogP contribution in [0.25, 0.3) is 0 Å². The molecular weight excluding hydrogens is 167 g/mol. The van der Waals surface area contributed by atoms with Gasteiger partial charge in [-0.15, -0.1) is 0 Å². The van der Waals surface area contributed by atoms with Crippen LogP contribution in [0.4, 0.5) is 0 Å². The number of piperazine rings is 1. The molecule has 1 aliphatic heterocycles. The molecule has 1 saturated heterocycles. The molecule has 12 heavy (non-hydrogen) atoms. The van der Waals surface area contributed by atoms with Crippen LogP contribution in [-0.2, 0) is 0 Å². The molecule has 0 aromatic heterocycles. The highest BCUT2D eigenvalue weighted by molar-refractivity contribution is 7.13. The predicted octanol–water partition coefficient (Wildman–Crippen LogP) is 1.58. The molecule has 0 spiro atoms. The van der Waals surface area contributed by atoms with Crippen LogP contribution < -0.4 is 0 Å². The lowest BCUT2D eigenvalue weighted by Gasteiger charge is -2.44. The molecule has 0 amide bonds. The van der Waals surface area contributed by atoms with Crippen molar-refractivity contribution in [2.45, 2.75) is 45.8 Å². The summed E-state index contributed by atoms with van der Waals surface area (Å²) in [4.78, 5) is 2.57. The second-order valence-electron chi connectivity index (χ2n) is 4.19. The molecule has 1 heterocycles. The Labute approximate surface area is 78.6 Å². The van der Waals surface area contributed by atoms with E-state index in [1.54, 1.807) is 0 Å². The highest BCUT2D eigenvalue weighted by Crippen LogP contribution is 2.19. The van der Waals surface area contributed by atoms with E-state index in [1.807, 2.05) is 0 Å². The maximum atomic E-state index is 2.82. The summed E-state index contributed by atoms with van der Waals surface area (Å²) in [5.41, 5.74) is 0. The topological polar surface area (TPSA) is 6.48 Å². The van der Waals surface area contributed by atoms with Crippen molar-refractivity contribution in [3.05, 3.63) is 0 Å². The van der Waals surface area contributed by atoms with E-state index in [-0.39, 0.29) is 0 Å². The molecule has 0 radical (unpaired) electrons. The van der Waals surface area contributed by atoms with Gasteiger partial charge in [0.05, 0.1) is 0 Å². The van der Waals surface area contributed by atoms with Crippen molar-refractivity contribution in [1.82, 2.24) is 9.57 Å². The van der Waals surface area contributed by atoms with Crippen LogP contribution in [0.3, 0.4) is 0 Å². The number of hydrogen-bond donors (Lipinski definition) is 0. The fraction of sp³-hybridized carbons (Fsp3) is 1.00. The Balaban J connectivity index is 2.55. The van der Waals surface area contributed by atoms with Gasteiger partial charge in [-0.25, -0.2) is 0 Å². The molecule has 0 aromatic carbocycles. The smallest absolute Gasteiger partial charge is 0.0229 e. The van der Waals surface area contributed by atoms with Gasteiger partial charge in [-0.2, -0.15) is 0 Å². The van der Waals surface area contributed by atoms with Gasteiger partial charge in [-0.1, -0.05) is 9.39 Å². The van der Waals surface area contributed by atoms with Crippen molar-refractivity contribution in [2.24, 2.45) is 0 Å². The van der Waals surface area contributed by atoms with Gasteiger partial charge in [0.2, 0.25) is 0 Å². The molecule has 3 heteroatoms. The molecule has 3 atom stereocenters. The largest absolute Gasteiger partial charge is 0.295 e. The van der Waals surface area contributed by atoms with Crippen molar-refractivity contribution >= 4 is 9.39 Å². The lowest BCUT2D eigenvalue weighted by molar-refractivity contribution is 0.0715. The van der Waals surface area contributed by atoms with Crippen LogP contribution >= 0.6 is 9.39 Å². The van der Waals surface area contributed by atoms with Gasteiger partial charge in [0.25, 0.3) is 0 Å². The second kappa shape index (κ2) is 4.04. The van der Waals surface area contributed by atoms with Crippen molar-refractivity contribution in [3.63, 3.8) is 0 Å². The van der Waals surface area contributed by atoms with Gasteiger partial charge in [0, 0.05) is 31.2 Å². The summed E-state index contributed by atoms with van der Waals surface area (Å²) >= 11 is 0. The zero-order valence-electron chi connectivity index (χ0n) is 8.62. The minimum absolute atomic E-state index is 0.675. The zero-order chi connectivity index (χ0) is 9.30. The molecule has 1 fully saturated rings. The first-order valence-electron chi connectivity index (χ1n) is 4.79. The van der Waals surface area contributed by atoms with E-state index in [0.29, 0.717) is 18.1 Å². The first-order chi connectivity index (χ1) is 5.52. The number of rotatable bonds is 1. The molecule has 0 aliphatic carbocycles. The van der Waals surface area contributed by atoms with Crippen LogP contribution in [0.15, 0.2) is 0 Å². The molecule has 0 saturated carbocycles. The maximum absolute atomic E-state index is 2.82. The molecule has 1 rings (SSSR count). The van der Waals surface area contributed by atoms with E-state index in [2.05, 4.69) is 46.7 Å². The summed E-state index contributed by atoms with van der Waals surface area (Å²) < 4.78 is 2.36. The summed E-state index contributed by atoms with van der Waals surface area (Å²) in [6, 6.07) is 2.05. The van der Waals surface area contributed by atoms with Crippen LogP contribution in [0.2, 0.25) is 0 Å². The third-order valence-corrected chi connectivity index (χ3v) is 3.47. The van der Waals surface area contributed by atoms with Gasteiger partial charge in [0.1, 0.15) is 0 Å². The molecule has 0 N–H and O–H groups in total. The summed E-state index contributed by atoms with van der Waals surface area (Å²) in [5.74, 6) is 0. The van der Waals surface area contributed by atoms with Crippen LogP contribution in [0.5, 0.6) is 0 Å². The van der Waals surface area contributed by atoms with Gasteiger partial charge < -0.3 is 0 Å². The van der Waals surface area contributed by atoms with E-state index in [0.717, 1.165) is 0 Å². The van der Waals surface area contributed by atoms with Crippen LogP contribution in [-0.4, -0.2) is 40.8 Å². The third kappa shape index (κ3) is 2.18. The van der Waals surface area contributed by atoms with E-state index < -0.39 is 0 Å². The van der Waals surface area contributed by atoms with E-state index >= 15 is 0 Å². The molecule has 2 nitrogen and oxygen atoms in total. The summed E-state index contributed by atoms with van der Waals surface area (Å²) in [6.45, 7) is 11.5. The predicted molar refractivity (Wildman–Crippen MR) is 57.2 cm³/mol. The highest BCUT2D eigenvalue weighted by atomic mass is 31.0. The molecule has 1 aliphatic rings. The average molecular weight is 188 g/mol. The zero-order valence-corrected chi connectivity index (χ0v) is 9.77. The SMILES string of the molecule is CC1CN(C(C)C)C(C)CN1P. The van der Waals surface area contributed by atoms with E-state index in [4.69, 9.17) is 0 Å². The fourth-order valence-corrected chi connectivity index (χ4v) is 2.30. The van der Waals surface area contributed by atoms with Crippen molar-refractivity contribution in [2.75, 3.05) is 13.1 Å². The quantitative estimate of drug-likeness (QED) is 0.576. The summed E-state index contributed by atoms with van der Waals surface area (Å²) in [7, 11) is 2.82. The molecule has 3 unspecified atom stereocenters. The van der Waals surface area contributed by atoms with E-state index in [9.17, 15) is 0 Å². The van der Waals surface area contributed by atoms with Gasteiger partial charge in [-0.05, 0) is 27.7 Å². The van der Waals surface area contributed by atoms with Gasteiger partial charge in [-0.3, -0.25) is 9.57 Å². The Kier molecular flexibility index (Phi) is 3.51. The lowest BCUT2D eigenvalue weighted by atomic mass is 10.1. The fourth-order valence-electron chi connectivity index (χ4n) is 1.90. The normalized spacial score (nSPS) is 34.5. The first kappa shape index (κ1) is 10.4. The highest BCUT2D eigenvalue weighted by Gasteiger charge is 2.27. The van der Waals surface area contributed by atoms with Crippen molar-refractivity contribution < 1.29 is 0 Å². The Bertz CT molecular complexity index is 149. The monoisotopic (exact) mass is 188 g/mol. The van der Waals surface area contributed by atoms with Crippen LogP contribution in [0, 0.1) is 0 Å². The third-order valence-electron chi connectivity index (χ3n) is 2.75.